The van der Waals surface area contributed by atoms with E-state index < -0.39 is 11.7 Å². The second kappa shape index (κ2) is 7.45. The summed E-state index contributed by atoms with van der Waals surface area (Å²) in [4.78, 5) is 0. The van der Waals surface area contributed by atoms with Crippen LogP contribution in [0.4, 0.5) is 13.2 Å². The van der Waals surface area contributed by atoms with Crippen molar-refractivity contribution in [3.8, 4) is 0 Å². The SMILES string of the molecule is CCCC(NCc1ccccc1C(F)(F)F)c1ccccc1. The lowest BCUT2D eigenvalue weighted by molar-refractivity contribution is -0.138. The lowest BCUT2D eigenvalue weighted by atomic mass is 10.0. The number of hydrogen-bond acceptors (Lipinski definition) is 1. The third-order valence-corrected chi connectivity index (χ3v) is 3.64. The van der Waals surface area contributed by atoms with E-state index in [4.69, 9.17) is 0 Å². The zero-order valence-corrected chi connectivity index (χ0v) is 12.5. The van der Waals surface area contributed by atoms with Crippen LogP contribution in [0.3, 0.4) is 0 Å². The molecule has 1 nitrogen and oxygen atoms in total. The highest BCUT2D eigenvalue weighted by atomic mass is 19.4. The number of nitrogens with one attached hydrogen (secondary N) is 1. The second-order valence-corrected chi connectivity index (χ2v) is 5.29. The van der Waals surface area contributed by atoms with Crippen LogP contribution in [0.2, 0.25) is 0 Å². The average molecular weight is 307 g/mol. The molecule has 0 spiro atoms. The van der Waals surface area contributed by atoms with E-state index in [9.17, 15) is 13.2 Å². The zero-order valence-electron chi connectivity index (χ0n) is 12.5. The Hall–Kier alpha value is -1.81. The van der Waals surface area contributed by atoms with Gasteiger partial charge in [-0.1, -0.05) is 61.9 Å². The van der Waals surface area contributed by atoms with Crippen molar-refractivity contribution >= 4 is 0 Å². The maximum atomic E-state index is 13.0. The maximum absolute atomic E-state index is 13.0. The van der Waals surface area contributed by atoms with Crippen molar-refractivity contribution in [2.75, 3.05) is 0 Å². The number of rotatable bonds is 6. The Morgan fingerprint density at radius 1 is 0.955 bits per heavy atom. The summed E-state index contributed by atoms with van der Waals surface area (Å²) in [6, 6.07) is 15.6. The smallest absolute Gasteiger partial charge is 0.306 e. The van der Waals surface area contributed by atoms with Gasteiger partial charge in [0.15, 0.2) is 0 Å². The summed E-state index contributed by atoms with van der Waals surface area (Å²) in [6.45, 7) is 2.27. The first-order valence-electron chi connectivity index (χ1n) is 7.45. The molecule has 118 valence electrons. The van der Waals surface area contributed by atoms with Gasteiger partial charge in [0.05, 0.1) is 5.56 Å². The minimum atomic E-state index is -4.31. The summed E-state index contributed by atoms with van der Waals surface area (Å²) >= 11 is 0. The van der Waals surface area contributed by atoms with Gasteiger partial charge in [0.2, 0.25) is 0 Å². The van der Waals surface area contributed by atoms with Crippen molar-refractivity contribution in [1.29, 1.82) is 0 Å². The molecular formula is C18H20F3N. The van der Waals surface area contributed by atoms with Crippen LogP contribution in [0.1, 0.15) is 42.5 Å². The molecule has 0 bridgehead atoms. The number of halogens is 3. The van der Waals surface area contributed by atoms with Crippen molar-refractivity contribution in [2.24, 2.45) is 0 Å². The van der Waals surface area contributed by atoms with Crippen LogP contribution in [0.15, 0.2) is 54.6 Å². The summed E-state index contributed by atoms with van der Waals surface area (Å²) in [6.07, 6.45) is -2.46. The standard InChI is InChI=1S/C18H20F3N/c1-2-8-17(14-9-4-3-5-10-14)22-13-15-11-6-7-12-16(15)18(19,20)21/h3-7,9-12,17,22H,2,8,13H2,1H3. The number of benzene rings is 2. The van der Waals surface area contributed by atoms with E-state index in [0.717, 1.165) is 24.5 Å². The molecule has 4 heteroatoms. The van der Waals surface area contributed by atoms with Gasteiger partial charge in [0.1, 0.15) is 0 Å². The van der Waals surface area contributed by atoms with E-state index in [0.29, 0.717) is 0 Å². The topological polar surface area (TPSA) is 12.0 Å². The number of hydrogen-bond donors (Lipinski definition) is 1. The van der Waals surface area contributed by atoms with Gasteiger partial charge in [-0.15, -0.1) is 0 Å². The van der Waals surface area contributed by atoms with Crippen LogP contribution in [-0.2, 0) is 12.7 Å². The minimum absolute atomic E-state index is 0.0625. The van der Waals surface area contributed by atoms with E-state index in [-0.39, 0.29) is 18.2 Å². The predicted octanol–water partition coefficient (Wildman–Crippen LogP) is 5.34. The van der Waals surface area contributed by atoms with Crippen molar-refractivity contribution in [1.82, 2.24) is 5.32 Å². The third kappa shape index (κ3) is 4.34. The van der Waals surface area contributed by atoms with Gasteiger partial charge in [0, 0.05) is 12.6 Å². The maximum Gasteiger partial charge on any atom is 0.416 e. The molecule has 0 heterocycles. The number of alkyl halides is 3. The molecule has 0 saturated carbocycles. The monoisotopic (exact) mass is 307 g/mol. The van der Waals surface area contributed by atoms with Crippen molar-refractivity contribution in [2.45, 2.75) is 38.5 Å². The molecule has 2 rings (SSSR count). The minimum Gasteiger partial charge on any atom is -0.306 e. The molecule has 0 aliphatic carbocycles. The fourth-order valence-corrected chi connectivity index (χ4v) is 2.54. The van der Waals surface area contributed by atoms with E-state index >= 15 is 0 Å². The third-order valence-electron chi connectivity index (χ3n) is 3.64. The summed E-state index contributed by atoms with van der Waals surface area (Å²) < 4.78 is 39.0. The zero-order chi connectivity index (χ0) is 16.0. The van der Waals surface area contributed by atoms with Crippen LogP contribution in [-0.4, -0.2) is 0 Å². The molecule has 1 N–H and O–H groups in total. The molecule has 0 radical (unpaired) electrons. The normalized spacial score (nSPS) is 13.1. The molecule has 0 aromatic heterocycles. The molecular weight excluding hydrogens is 287 g/mol. The van der Waals surface area contributed by atoms with Gasteiger partial charge in [0.25, 0.3) is 0 Å². The highest BCUT2D eigenvalue weighted by molar-refractivity contribution is 5.30. The summed E-state index contributed by atoms with van der Waals surface area (Å²) in [5, 5.41) is 3.27. The fraction of sp³-hybridized carbons (Fsp3) is 0.333. The summed E-state index contributed by atoms with van der Waals surface area (Å²) in [5.74, 6) is 0. The Bertz CT molecular complexity index is 578. The molecule has 0 saturated heterocycles. The first kappa shape index (κ1) is 16.6. The largest absolute Gasteiger partial charge is 0.416 e. The van der Waals surface area contributed by atoms with E-state index in [2.05, 4.69) is 12.2 Å². The highest BCUT2D eigenvalue weighted by Gasteiger charge is 2.32. The van der Waals surface area contributed by atoms with Crippen molar-refractivity contribution < 1.29 is 13.2 Å². The molecule has 1 unspecified atom stereocenters. The molecule has 0 aliphatic heterocycles. The Labute approximate surface area is 129 Å². The molecule has 2 aromatic carbocycles. The van der Waals surface area contributed by atoms with Crippen LogP contribution in [0.5, 0.6) is 0 Å². The van der Waals surface area contributed by atoms with Gasteiger partial charge in [-0.25, -0.2) is 0 Å². The van der Waals surface area contributed by atoms with Crippen molar-refractivity contribution in [3.05, 3.63) is 71.3 Å². The van der Waals surface area contributed by atoms with Gasteiger partial charge in [-0.3, -0.25) is 0 Å². The molecule has 1 atom stereocenters. The van der Waals surface area contributed by atoms with E-state index in [1.807, 2.05) is 30.3 Å². The Morgan fingerprint density at radius 2 is 1.59 bits per heavy atom. The van der Waals surface area contributed by atoms with Gasteiger partial charge >= 0.3 is 6.18 Å². The Kier molecular flexibility index (Phi) is 5.61. The molecule has 0 amide bonds. The second-order valence-electron chi connectivity index (χ2n) is 5.29. The van der Waals surface area contributed by atoms with Gasteiger partial charge in [-0.2, -0.15) is 13.2 Å². The Balaban J connectivity index is 2.14. The molecule has 0 fully saturated rings. The van der Waals surface area contributed by atoms with Crippen LogP contribution < -0.4 is 5.32 Å². The quantitative estimate of drug-likeness (QED) is 0.760. The van der Waals surface area contributed by atoms with Crippen LogP contribution in [0.25, 0.3) is 0 Å². The Morgan fingerprint density at radius 3 is 2.23 bits per heavy atom. The summed E-state index contributed by atoms with van der Waals surface area (Å²) in [7, 11) is 0. The van der Waals surface area contributed by atoms with Crippen molar-refractivity contribution in [3.63, 3.8) is 0 Å². The van der Waals surface area contributed by atoms with E-state index in [1.165, 1.54) is 12.1 Å². The molecule has 2 aromatic rings. The van der Waals surface area contributed by atoms with Crippen LogP contribution >= 0.6 is 0 Å². The van der Waals surface area contributed by atoms with Crippen LogP contribution in [0, 0.1) is 0 Å². The molecule has 22 heavy (non-hydrogen) atoms. The van der Waals surface area contributed by atoms with Gasteiger partial charge in [-0.05, 0) is 23.6 Å². The highest BCUT2D eigenvalue weighted by Crippen LogP contribution is 2.32. The first-order valence-corrected chi connectivity index (χ1v) is 7.45. The first-order chi connectivity index (χ1) is 10.5. The lowest BCUT2D eigenvalue weighted by Crippen LogP contribution is -2.22. The fourth-order valence-electron chi connectivity index (χ4n) is 2.54. The van der Waals surface area contributed by atoms with E-state index in [1.54, 1.807) is 6.07 Å². The molecule has 0 aliphatic rings. The predicted molar refractivity (Wildman–Crippen MR) is 82.4 cm³/mol. The van der Waals surface area contributed by atoms with Gasteiger partial charge < -0.3 is 5.32 Å². The average Bonchev–Trinajstić information content (AvgIpc) is 2.51. The lowest BCUT2D eigenvalue weighted by Gasteiger charge is -2.20. The summed E-state index contributed by atoms with van der Waals surface area (Å²) in [5.41, 5.74) is 0.826.